The van der Waals surface area contributed by atoms with E-state index in [0.717, 1.165) is 5.69 Å². The first kappa shape index (κ1) is 17.4. The molecule has 2 aromatic rings. The molecule has 0 unspecified atom stereocenters. The van der Waals surface area contributed by atoms with Crippen LogP contribution >= 0.6 is 11.6 Å². The molecule has 0 bridgehead atoms. The van der Waals surface area contributed by atoms with Crippen molar-refractivity contribution >= 4 is 21.6 Å². The number of hydrogen-bond acceptors (Lipinski definition) is 5. The van der Waals surface area contributed by atoms with Gasteiger partial charge in [-0.05, 0) is 26.3 Å². The van der Waals surface area contributed by atoms with Crippen molar-refractivity contribution in [2.75, 3.05) is 6.54 Å². The molecular weight excluding hydrogens is 354 g/mol. The molecule has 0 aliphatic carbocycles. The number of hydrogen-bond donors (Lipinski definition) is 1. The molecule has 0 saturated carbocycles. The predicted molar refractivity (Wildman–Crippen MR) is 88.0 cm³/mol. The van der Waals surface area contributed by atoms with Crippen molar-refractivity contribution < 1.29 is 13.5 Å². The Bertz CT molecular complexity index is 871. The minimum absolute atomic E-state index is 0.0513. The molecule has 24 heavy (non-hydrogen) atoms. The highest BCUT2D eigenvalue weighted by molar-refractivity contribution is 7.89. The number of aliphatic hydroxyl groups is 1. The van der Waals surface area contributed by atoms with Crippen molar-refractivity contribution in [2.24, 2.45) is 7.05 Å². The van der Waals surface area contributed by atoms with Crippen molar-refractivity contribution in [2.45, 2.75) is 44.4 Å². The highest BCUT2D eigenvalue weighted by atomic mass is 35.5. The Hall–Kier alpha value is -1.42. The fraction of sp³-hybridized carbons (Fsp3) is 0.571. The molecule has 3 rings (SSSR count). The number of halogens is 1. The monoisotopic (exact) mass is 373 g/mol. The van der Waals surface area contributed by atoms with Crippen LogP contribution in [0.1, 0.15) is 36.5 Å². The van der Waals surface area contributed by atoms with Crippen LogP contribution in [0.25, 0.3) is 0 Å². The molecule has 8 nitrogen and oxygen atoms in total. The minimum atomic E-state index is -3.77. The summed E-state index contributed by atoms with van der Waals surface area (Å²) >= 11 is 6.15. The quantitative estimate of drug-likeness (QED) is 0.873. The second-order valence-electron chi connectivity index (χ2n) is 5.98. The standard InChI is InChI=1S/C14H20ClN5O3S/c1-9-13(14(15)18(3)16-9)24(22,23)19-5-4-6-20-11(8-19)7-12(17-20)10(2)21/h7,10,21H,4-6,8H2,1-3H3/t10-/m0/s1. The maximum absolute atomic E-state index is 13.1. The van der Waals surface area contributed by atoms with E-state index in [0.29, 0.717) is 30.9 Å². The van der Waals surface area contributed by atoms with Crippen LogP contribution < -0.4 is 0 Å². The molecular formula is C14H20ClN5O3S. The first-order valence-corrected chi connectivity index (χ1v) is 9.47. The normalized spacial score (nSPS) is 17.5. The van der Waals surface area contributed by atoms with E-state index in [-0.39, 0.29) is 16.6 Å². The summed E-state index contributed by atoms with van der Waals surface area (Å²) in [6, 6.07) is 1.75. The second kappa shape index (κ2) is 6.14. The number of fused-ring (bicyclic) bond motifs is 1. The summed E-state index contributed by atoms with van der Waals surface area (Å²) in [5.41, 5.74) is 1.68. The molecule has 1 N–H and O–H groups in total. The SMILES string of the molecule is Cc1nn(C)c(Cl)c1S(=O)(=O)N1CCCn2nc([C@H](C)O)cc2C1. The van der Waals surface area contributed by atoms with E-state index in [1.807, 2.05) is 0 Å². The van der Waals surface area contributed by atoms with Crippen molar-refractivity contribution in [1.82, 2.24) is 23.9 Å². The first-order valence-electron chi connectivity index (χ1n) is 7.65. The fourth-order valence-corrected chi connectivity index (χ4v) is 5.05. The third kappa shape index (κ3) is 2.85. The van der Waals surface area contributed by atoms with Gasteiger partial charge in [0, 0.05) is 20.1 Å². The minimum Gasteiger partial charge on any atom is -0.387 e. The molecule has 0 spiro atoms. The van der Waals surface area contributed by atoms with E-state index in [4.69, 9.17) is 11.6 Å². The zero-order chi connectivity index (χ0) is 17.6. The van der Waals surface area contributed by atoms with Gasteiger partial charge in [-0.1, -0.05) is 11.6 Å². The molecule has 1 aliphatic heterocycles. The second-order valence-corrected chi connectivity index (χ2v) is 8.21. The molecule has 10 heteroatoms. The summed E-state index contributed by atoms with van der Waals surface area (Å²) in [5, 5.41) is 18.2. The molecule has 3 heterocycles. The van der Waals surface area contributed by atoms with Gasteiger partial charge in [0.15, 0.2) is 0 Å². The van der Waals surface area contributed by atoms with Crippen LogP contribution in [-0.4, -0.2) is 43.9 Å². The zero-order valence-corrected chi connectivity index (χ0v) is 15.3. The summed E-state index contributed by atoms with van der Waals surface area (Å²) in [6.45, 7) is 4.43. The molecule has 0 aromatic carbocycles. The van der Waals surface area contributed by atoms with E-state index >= 15 is 0 Å². The van der Waals surface area contributed by atoms with E-state index < -0.39 is 16.1 Å². The van der Waals surface area contributed by atoms with Gasteiger partial charge in [0.05, 0.1) is 29.7 Å². The van der Waals surface area contributed by atoms with Crippen LogP contribution in [-0.2, 0) is 30.2 Å². The average Bonchev–Trinajstić information content (AvgIpc) is 2.92. The molecule has 132 valence electrons. The van der Waals surface area contributed by atoms with Gasteiger partial charge in [0.25, 0.3) is 0 Å². The largest absolute Gasteiger partial charge is 0.387 e. The number of rotatable bonds is 3. The van der Waals surface area contributed by atoms with Gasteiger partial charge in [-0.2, -0.15) is 14.5 Å². The Balaban J connectivity index is 1.99. The molecule has 0 amide bonds. The smallest absolute Gasteiger partial charge is 0.248 e. The van der Waals surface area contributed by atoms with Crippen molar-refractivity contribution in [3.05, 3.63) is 28.3 Å². The summed E-state index contributed by atoms with van der Waals surface area (Å²) < 4.78 is 30.6. The molecule has 2 aromatic heterocycles. The van der Waals surface area contributed by atoms with Crippen molar-refractivity contribution in [3.8, 4) is 0 Å². The van der Waals surface area contributed by atoms with Gasteiger partial charge in [0.1, 0.15) is 10.0 Å². The lowest BCUT2D eigenvalue weighted by atomic mass is 10.2. The van der Waals surface area contributed by atoms with E-state index in [2.05, 4.69) is 10.2 Å². The molecule has 1 aliphatic rings. The summed E-state index contributed by atoms with van der Waals surface area (Å²) in [6.07, 6.45) is -0.0612. The van der Waals surface area contributed by atoms with E-state index in [9.17, 15) is 13.5 Å². The van der Waals surface area contributed by atoms with Gasteiger partial charge in [0.2, 0.25) is 10.0 Å². The first-order chi connectivity index (χ1) is 11.2. The Morgan fingerprint density at radius 2 is 2.04 bits per heavy atom. The summed E-state index contributed by atoms with van der Waals surface area (Å²) in [4.78, 5) is 0.0513. The Morgan fingerprint density at radius 1 is 1.33 bits per heavy atom. The third-order valence-corrected chi connectivity index (χ3v) is 6.67. The van der Waals surface area contributed by atoms with Crippen LogP contribution in [0.4, 0.5) is 0 Å². The van der Waals surface area contributed by atoms with Crippen molar-refractivity contribution in [1.29, 1.82) is 0 Å². The van der Waals surface area contributed by atoms with Crippen LogP contribution in [0, 0.1) is 6.92 Å². The van der Waals surface area contributed by atoms with Crippen molar-refractivity contribution in [3.63, 3.8) is 0 Å². The van der Waals surface area contributed by atoms with Gasteiger partial charge < -0.3 is 5.11 Å². The lowest BCUT2D eigenvalue weighted by Gasteiger charge is -2.19. The lowest BCUT2D eigenvalue weighted by Crippen LogP contribution is -2.31. The predicted octanol–water partition coefficient (Wildman–Crippen LogP) is 1.23. The Labute approximate surface area is 145 Å². The highest BCUT2D eigenvalue weighted by Crippen LogP contribution is 2.29. The van der Waals surface area contributed by atoms with E-state index in [1.54, 1.807) is 31.6 Å². The third-order valence-electron chi connectivity index (χ3n) is 4.12. The Kier molecular flexibility index (Phi) is 4.45. The van der Waals surface area contributed by atoms with Crippen LogP contribution in [0.15, 0.2) is 11.0 Å². The van der Waals surface area contributed by atoms with Gasteiger partial charge >= 0.3 is 0 Å². The highest BCUT2D eigenvalue weighted by Gasteiger charge is 2.33. The fourth-order valence-electron chi connectivity index (χ4n) is 2.90. The maximum atomic E-state index is 13.1. The number of nitrogens with zero attached hydrogens (tertiary/aromatic N) is 5. The molecule has 0 saturated heterocycles. The topological polar surface area (TPSA) is 93.3 Å². The lowest BCUT2D eigenvalue weighted by molar-refractivity contribution is 0.193. The number of aromatic nitrogens is 4. The summed E-state index contributed by atoms with van der Waals surface area (Å²) in [5.74, 6) is 0. The summed E-state index contributed by atoms with van der Waals surface area (Å²) in [7, 11) is -2.15. The Morgan fingerprint density at radius 3 is 2.62 bits per heavy atom. The average molecular weight is 374 g/mol. The van der Waals surface area contributed by atoms with Gasteiger partial charge in [-0.15, -0.1) is 0 Å². The zero-order valence-electron chi connectivity index (χ0n) is 13.8. The van der Waals surface area contributed by atoms with Crippen LogP contribution in [0.3, 0.4) is 0 Å². The number of aryl methyl sites for hydroxylation is 3. The maximum Gasteiger partial charge on any atom is 0.248 e. The van der Waals surface area contributed by atoms with Gasteiger partial charge in [-0.3, -0.25) is 9.36 Å². The number of sulfonamides is 1. The van der Waals surface area contributed by atoms with E-state index in [1.165, 1.54) is 8.99 Å². The van der Waals surface area contributed by atoms with Gasteiger partial charge in [-0.25, -0.2) is 8.42 Å². The molecule has 0 radical (unpaired) electrons. The number of aliphatic hydroxyl groups excluding tert-OH is 1. The van der Waals surface area contributed by atoms with Crippen LogP contribution in [0.2, 0.25) is 5.15 Å². The molecule has 1 atom stereocenters. The van der Waals surface area contributed by atoms with Crippen LogP contribution in [0.5, 0.6) is 0 Å². The molecule has 0 fully saturated rings.